The maximum Gasteiger partial charge on any atom is 0.363 e. The number of halogens is 1. The summed E-state index contributed by atoms with van der Waals surface area (Å²) in [7, 11) is 0. The Bertz CT molecular complexity index is 901. The van der Waals surface area contributed by atoms with Gasteiger partial charge < -0.3 is 9.47 Å². The van der Waals surface area contributed by atoms with Crippen LogP contribution < -0.4 is 4.74 Å². The predicted octanol–water partition coefficient (Wildman–Crippen LogP) is 3.49. The Hall–Kier alpha value is -2.95. The van der Waals surface area contributed by atoms with Crippen molar-refractivity contribution in [1.82, 2.24) is 0 Å². The molecule has 0 aromatic heterocycles. The van der Waals surface area contributed by atoms with Gasteiger partial charge >= 0.3 is 5.97 Å². The molecule has 0 amide bonds. The van der Waals surface area contributed by atoms with Gasteiger partial charge in [-0.3, -0.25) is 0 Å². The van der Waals surface area contributed by atoms with Gasteiger partial charge in [0.05, 0.1) is 5.56 Å². The number of cyclic esters (lactones) is 1. The van der Waals surface area contributed by atoms with E-state index in [1.807, 2.05) is 25.1 Å². The van der Waals surface area contributed by atoms with Crippen LogP contribution >= 0.6 is 0 Å². The number of aliphatic imine (C=N–C) groups is 1. The van der Waals surface area contributed by atoms with E-state index in [9.17, 15) is 9.18 Å². The van der Waals surface area contributed by atoms with Crippen LogP contribution in [0.4, 0.5) is 4.39 Å². The molecule has 0 saturated carbocycles. The molecule has 0 N–H and O–H groups in total. The Morgan fingerprint density at radius 1 is 1.25 bits per heavy atom. The van der Waals surface area contributed by atoms with E-state index in [4.69, 9.17) is 9.47 Å². The third-order valence-corrected chi connectivity index (χ3v) is 3.95. The Kier molecular flexibility index (Phi) is 3.41. The Labute approximate surface area is 138 Å². The third kappa shape index (κ3) is 2.58. The predicted molar refractivity (Wildman–Crippen MR) is 87.2 cm³/mol. The SMILES string of the molecule is CC1Cc2cc(/C=C3\N=C(c4ccccc4F)OC3=O)ccc2O1. The summed E-state index contributed by atoms with van der Waals surface area (Å²) in [6.07, 6.45) is 2.63. The molecule has 1 atom stereocenters. The van der Waals surface area contributed by atoms with Gasteiger partial charge in [-0.15, -0.1) is 0 Å². The van der Waals surface area contributed by atoms with Crippen molar-refractivity contribution in [3.05, 3.63) is 70.7 Å². The minimum absolute atomic E-state index is 0.0116. The summed E-state index contributed by atoms with van der Waals surface area (Å²) in [5.74, 6) is -0.205. The number of ether oxygens (including phenoxy) is 2. The van der Waals surface area contributed by atoms with Gasteiger partial charge in [-0.2, -0.15) is 0 Å². The lowest BCUT2D eigenvalue weighted by Crippen LogP contribution is -2.07. The van der Waals surface area contributed by atoms with Crippen molar-refractivity contribution in [2.45, 2.75) is 19.4 Å². The van der Waals surface area contributed by atoms with Crippen molar-refractivity contribution < 1.29 is 18.7 Å². The van der Waals surface area contributed by atoms with E-state index in [1.54, 1.807) is 18.2 Å². The van der Waals surface area contributed by atoms with Crippen molar-refractivity contribution in [3.8, 4) is 5.75 Å². The zero-order valence-corrected chi connectivity index (χ0v) is 13.0. The number of hydrogen-bond acceptors (Lipinski definition) is 4. The monoisotopic (exact) mass is 323 g/mol. The van der Waals surface area contributed by atoms with Crippen LogP contribution in [0.15, 0.2) is 53.2 Å². The molecule has 2 aromatic carbocycles. The lowest BCUT2D eigenvalue weighted by atomic mass is 10.1. The van der Waals surface area contributed by atoms with Crippen LogP contribution in [0.2, 0.25) is 0 Å². The van der Waals surface area contributed by atoms with Gasteiger partial charge in [-0.1, -0.05) is 18.2 Å². The van der Waals surface area contributed by atoms with Gasteiger partial charge in [0.25, 0.3) is 0 Å². The minimum atomic E-state index is -0.585. The fourth-order valence-electron chi connectivity index (χ4n) is 2.85. The molecule has 0 bridgehead atoms. The Morgan fingerprint density at radius 3 is 2.92 bits per heavy atom. The summed E-state index contributed by atoms with van der Waals surface area (Å²) in [5, 5.41) is 0. The first-order valence-electron chi connectivity index (χ1n) is 7.67. The summed E-state index contributed by atoms with van der Waals surface area (Å²) >= 11 is 0. The highest BCUT2D eigenvalue weighted by molar-refractivity contribution is 6.12. The first kappa shape index (κ1) is 14.6. The van der Waals surface area contributed by atoms with Crippen LogP contribution in [0.1, 0.15) is 23.6 Å². The van der Waals surface area contributed by atoms with Crippen molar-refractivity contribution >= 4 is 17.9 Å². The summed E-state index contributed by atoms with van der Waals surface area (Å²) in [6.45, 7) is 2.01. The van der Waals surface area contributed by atoms with Gasteiger partial charge in [0, 0.05) is 6.42 Å². The molecule has 0 fully saturated rings. The number of carbonyl (C=O) groups excluding carboxylic acids is 1. The van der Waals surface area contributed by atoms with Crippen LogP contribution in [0, 0.1) is 5.82 Å². The average Bonchev–Trinajstić information content (AvgIpc) is 3.09. The van der Waals surface area contributed by atoms with Gasteiger partial charge in [-0.25, -0.2) is 14.2 Å². The number of esters is 1. The highest BCUT2D eigenvalue weighted by Crippen LogP contribution is 2.30. The van der Waals surface area contributed by atoms with Gasteiger partial charge in [0.15, 0.2) is 5.70 Å². The number of carbonyl (C=O) groups is 1. The van der Waals surface area contributed by atoms with E-state index in [0.717, 1.165) is 23.3 Å². The van der Waals surface area contributed by atoms with Crippen molar-refractivity contribution in [3.63, 3.8) is 0 Å². The molecular formula is C19H14FNO3. The summed E-state index contributed by atoms with van der Waals surface area (Å²) in [6, 6.07) is 11.8. The summed E-state index contributed by atoms with van der Waals surface area (Å²) in [5.41, 5.74) is 2.25. The molecule has 120 valence electrons. The maximum atomic E-state index is 13.8. The first-order chi connectivity index (χ1) is 11.6. The summed E-state index contributed by atoms with van der Waals surface area (Å²) in [4.78, 5) is 16.1. The molecule has 0 aliphatic carbocycles. The molecule has 0 radical (unpaired) electrons. The lowest BCUT2D eigenvalue weighted by molar-refractivity contribution is -0.129. The van der Waals surface area contributed by atoms with Gasteiger partial charge in [0.2, 0.25) is 5.90 Å². The number of benzene rings is 2. The van der Waals surface area contributed by atoms with E-state index in [1.165, 1.54) is 12.1 Å². The van der Waals surface area contributed by atoms with E-state index in [0.29, 0.717) is 0 Å². The fourth-order valence-corrected chi connectivity index (χ4v) is 2.85. The molecule has 0 spiro atoms. The lowest BCUT2D eigenvalue weighted by Gasteiger charge is -2.02. The van der Waals surface area contributed by atoms with Crippen LogP contribution in [-0.4, -0.2) is 18.0 Å². The highest BCUT2D eigenvalue weighted by Gasteiger charge is 2.26. The zero-order valence-electron chi connectivity index (χ0n) is 13.0. The third-order valence-electron chi connectivity index (χ3n) is 3.95. The minimum Gasteiger partial charge on any atom is -0.490 e. The molecule has 1 unspecified atom stereocenters. The Morgan fingerprint density at radius 2 is 2.08 bits per heavy atom. The first-order valence-corrected chi connectivity index (χ1v) is 7.67. The van der Waals surface area contributed by atoms with Crippen LogP contribution in [0.25, 0.3) is 6.08 Å². The number of fused-ring (bicyclic) bond motifs is 1. The van der Waals surface area contributed by atoms with E-state index >= 15 is 0 Å². The van der Waals surface area contributed by atoms with Gasteiger partial charge in [-0.05, 0) is 48.4 Å². The van der Waals surface area contributed by atoms with E-state index in [2.05, 4.69) is 4.99 Å². The van der Waals surface area contributed by atoms with Crippen molar-refractivity contribution in [1.29, 1.82) is 0 Å². The molecule has 5 heteroatoms. The fraction of sp³-hybridized carbons (Fsp3) is 0.158. The van der Waals surface area contributed by atoms with Crippen LogP contribution in [0.3, 0.4) is 0 Å². The second-order valence-electron chi connectivity index (χ2n) is 5.82. The number of hydrogen-bond donors (Lipinski definition) is 0. The van der Waals surface area contributed by atoms with E-state index in [-0.39, 0.29) is 23.3 Å². The molecule has 2 aliphatic heterocycles. The second kappa shape index (κ2) is 5.60. The Balaban J connectivity index is 1.67. The quantitative estimate of drug-likeness (QED) is 0.628. The number of rotatable bonds is 2. The second-order valence-corrected chi connectivity index (χ2v) is 5.82. The molecule has 24 heavy (non-hydrogen) atoms. The summed E-state index contributed by atoms with van der Waals surface area (Å²) < 4.78 is 24.6. The molecule has 0 saturated heterocycles. The normalized spacial score (nSPS) is 20.6. The standard InChI is InChI=1S/C19H14FNO3/c1-11-8-13-9-12(6-7-17(13)23-11)10-16-19(22)24-18(21-16)14-4-2-3-5-15(14)20/h2-7,9-11H,8H2,1H3/b16-10-. The average molecular weight is 323 g/mol. The molecule has 4 nitrogen and oxygen atoms in total. The molecular weight excluding hydrogens is 309 g/mol. The van der Waals surface area contributed by atoms with Crippen LogP contribution in [-0.2, 0) is 16.0 Å². The highest BCUT2D eigenvalue weighted by atomic mass is 19.1. The van der Waals surface area contributed by atoms with Crippen molar-refractivity contribution in [2.24, 2.45) is 4.99 Å². The number of nitrogens with zero attached hydrogens (tertiary/aromatic N) is 1. The van der Waals surface area contributed by atoms with Crippen molar-refractivity contribution in [2.75, 3.05) is 0 Å². The zero-order chi connectivity index (χ0) is 16.7. The van der Waals surface area contributed by atoms with Crippen LogP contribution in [0.5, 0.6) is 5.75 Å². The van der Waals surface area contributed by atoms with Gasteiger partial charge in [0.1, 0.15) is 17.7 Å². The molecule has 4 rings (SSSR count). The smallest absolute Gasteiger partial charge is 0.363 e. The topological polar surface area (TPSA) is 47.9 Å². The van der Waals surface area contributed by atoms with E-state index < -0.39 is 11.8 Å². The molecule has 2 heterocycles. The molecule has 2 aliphatic rings. The molecule has 2 aromatic rings. The largest absolute Gasteiger partial charge is 0.490 e. The maximum absolute atomic E-state index is 13.8.